The van der Waals surface area contributed by atoms with Crippen LogP contribution in [0.25, 0.3) is 0 Å². The zero-order valence-electron chi connectivity index (χ0n) is 11.6. The molecule has 0 fully saturated rings. The summed E-state index contributed by atoms with van der Waals surface area (Å²) in [4.78, 5) is 2.23. The summed E-state index contributed by atoms with van der Waals surface area (Å²) < 4.78 is 0. The highest BCUT2D eigenvalue weighted by atomic mass is 35.5. The van der Waals surface area contributed by atoms with E-state index in [1.807, 2.05) is 36.4 Å². The van der Waals surface area contributed by atoms with Gasteiger partial charge in [0, 0.05) is 17.6 Å². The van der Waals surface area contributed by atoms with E-state index in [2.05, 4.69) is 24.9 Å². The molecule has 20 heavy (non-hydrogen) atoms. The average molecular weight is 309 g/mol. The Balaban J connectivity index is 2.13. The third-order valence-electron chi connectivity index (χ3n) is 3.51. The summed E-state index contributed by atoms with van der Waals surface area (Å²) >= 11 is 12.3. The van der Waals surface area contributed by atoms with Crippen LogP contribution in [0.15, 0.2) is 42.5 Å². The molecule has 2 nitrogen and oxygen atoms in total. The number of rotatable bonds is 4. The topological polar surface area (TPSA) is 29.3 Å². The molecule has 0 spiro atoms. The van der Waals surface area contributed by atoms with E-state index in [0.717, 1.165) is 22.7 Å². The first-order valence-corrected chi connectivity index (χ1v) is 7.23. The molecule has 2 rings (SSSR count). The van der Waals surface area contributed by atoms with Crippen LogP contribution in [0.4, 0.5) is 5.69 Å². The summed E-state index contributed by atoms with van der Waals surface area (Å²) in [6, 6.07) is 13.9. The lowest BCUT2D eigenvalue weighted by Gasteiger charge is -2.26. The van der Waals surface area contributed by atoms with E-state index in [9.17, 15) is 0 Å². The molecule has 0 aliphatic rings. The maximum absolute atomic E-state index is 6.25. The fourth-order valence-electron chi connectivity index (χ4n) is 2.15. The van der Waals surface area contributed by atoms with Gasteiger partial charge in [0.15, 0.2) is 0 Å². The monoisotopic (exact) mass is 308 g/mol. The number of hydrogen-bond acceptors (Lipinski definition) is 2. The van der Waals surface area contributed by atoms with Gasteiger partial charge in [0.2, 0.25) is 0 Å². The van der Waals surface area contributed by atoms with Gasteiger partial charge in [-0.15, -0.1) is 0 Å². The van der Waals surface area contributed by atoms with Crippen molar-refractivity contribution >= 4 is 28.9 Å². The zero-order valence-corrected chi connectivity index (χ0v) is 13.1. The molecule has 0 heterocycles. The van der Waals surface area contributed by atoms with Crippen molar-refractivity contribution in [1.29, 1.82) is 0 Å². The maximum Gasteiger partial charge on any atom is 0.0638 e. The fraction of sp³-hybridized carbons (Fsp3) is 0.250. The Morgan fingerprint density at radius 2 is 1.80 bits per heavy atom. The van der Waals surface area contributed by atoms with Crippen LogP contribution in [0, 0.1) is 0 Å². The van der Waals surface area contributed by atoms with Gasteiger partial charge in [0.05, 0.1) is 10.7 Å². The third kappa shape index (κ3) is 3.45. The lowest BCUT2D eigenvalue weighted by Crippen LogP contribution is -2.22. The highest BCUT2D eigenvalue weighted by Crippen LogP contribution is 2.28. The normalized spacial score (nSPS) is 12.7. The number of nitrogen functional groups attached to an aromatic ring is 1. The molecule has 0 aromatic heterocycles. The molecule has 0 saturated carbocycles. The number of halogens is 2. The second kappa shape index (κ2) is 6.49. The van der Waals surface area contributed by atoms with Crippen LogP contribution in [-0.2, 0) is 6.54 Å². The third-order valence-corrected chi connectivity index (χ3v) is 4.18. The first-order chi connectivity index (χ1) is 9.49. The van der Waals surface area contributed by atoms with Crippen LogP contribution < -0.4 is 5.73 Å². The molecule has 2 N–H and O–H groups in total. The molecule has 0 bridgehead atoms. The van der Waals surface area contributed by atoms with Crippen molar-refractivity contribution in [3.63, 3.8) is 0 Å². The lowest BCUT2D eigenvalue weighted by atomic mass is 10.1. The van der Waals surface area contributed by atoms with Crippen LogP contribution in [-0.4, -0.2) is 11.9 Å². The Kier molecular flexibility index (Phi) is 4.92. The molecule has 2 aromatic carbocycles. The molecular formula is C16H18Cl2N2. The van der Waals surface area contributed by atoms with Crippen molar-refractivity contribution in [2.45, 2.75) is 19.5 Å². The van der Waals surface area contributed by atoms with Gasteiger partial charge in [-0.05, 0) is 43.3 Å². The van der Waals surface area contributed by atoms with Crippen LogP contribution in [0.1, 0.15) is 24.1 Å². The van der Waals surface area contributed by atoms with E-state index in [1.54, 1.807) is 0 Å². The minimum absolute atomic E-state index is 0.222. The summed E-state index contributed by atoms with van der Waals surface area (Å²) in [5, 5.41) is 1.39. The van der Waals surface area contributed by atoms with E-state index in [4.69, 9.17) is 28.9 Å². The second-order valence-electron chi connectivity index (χ2n) is 4.97. The average Bonchev–Trinajstić information content (AvgIpc) is 2.42. The van der Waals surface area contributed by atoms with Crippen molar-refractivity contribution in [1.82, 2.24) is 4.90 Å². The molecule has 2 aromatic rings. The van der Waals surface area contributed by atoms with Gasteiger partial charge in [0.25, 0.3) is 0 Å². The van der Waals surface area contributed by atoms with Crippen molar-refractivity contribution < 1.29 is 0 Å². The van der Waals surface area contributed by atoms with Gasteiger partial charge < -0.3 is 5.73 Å². The number of benzene rings is 2. The Morgan fingerprint density at radius 1 is 1.10 bits per heavy atom. The smallest absolute Gasteiger partial charge is 0.0638 e. The van der Waals surface area contributed by atoms with Crippen LogP contribution in [0.5, 0.6) is 0 Å². The summed E-state index contributed by atoms with van der Waals surface area (Å²) in [5.41, 5.74) is 8.59. The predicted molar refractivity (Wildman–Crippen MR) is 87.2 cm³/mol. The van der Waals surface area contributed by atoms with E-state index in [1.165, 1.54) is 0 Å². The summed E-state index contributed by atoms with van der Waals surface area (Å²) in [6.07, 6.45) is 0. The summed E-state index contributed by atoms with van der Waals surface area (Å²) in [6.45, 7) is 2.92. The standard InChI is InChI=1S/C16H18Cl2N2/c1-11(13-5-3-4-6-14(13)17)20(2)10-12-7-8-16(19)15(18)9-12/h3-9,11H,10,19H2,1-2H3. The van der Waals surface area contributed by atoms with Gasteiger partial charge in [-0.1, -0.05) is 47.5 Å². The number of hydrogen-bond donors (Lipinski definition) is 1. The molecule has 106 valence electrons. The zero-order chi connectivity index (χ0) is 14.7. The van der Waals surface area contributed by atoms with Crippen molar-refractivity contribution in [3.05, 3.63) is 63.6 Å². The fourth-order valence-corrected chi connectivity index (χ4v) is 2.64. The molecule has 1 unspecified atom stereocenters. The van der Waals surface area contributed by atoms with Crippen molar-refractivity contribution in [2.75, 3.05) is 12.8 Å². The van der Waals surface area contributed by atoms with E-state index >= 15 is 0 Å². The van der Waals surface area contributed by atoms with Crippen LogP contribution >= 0.6 is 23.2 Å². The van der Waals surface area contributed by atoms with Gasteiger partial charge in [-0.2, -0.15) is 0 Å². The highest BCUT2D eigenvalue weighted by Gasteiger charge is 2.14. The Labute approximate surface area is 130 Å². The molecule has 0 saturated heterocycles. The van der Waals surface area contributed by atoms with Gasteiger partial charge >= 0.3 is 0 Å². The molecule has 4 heteroatoms. The largest absolute Gasteiger partial charge is 0.398 e. The minimum atomic E-state index is 0.222. The van der Waals surface area contributed by atoms with Crippen molar-refractivity contribution in [3.8, 4) is 0 Å². The number of nitrogens with zero attached hydrogens (tertiary/aromatic N) is 1. The Bertz CT molecular complexity index is 599. The predicted octanol–water partition coefficient (Wildman–Crippen LogP) is 4.77. The molecule has 0 radical (unpaired) electrons. The Morgan fingerprint density at radius 3 is 2.45 bits per heavy atom. The van der Waals surface area contributed by atoms with Gasteiger partial charge in [-0.25, -0.2) is 0 Å². The van der Waals surface area contributed by atoms with Gasteiger partial charge in [-0.3, -0.25) is 4.90 Å². The lowest BCUT2D eigenvalue weighted by molar-refractivity contribution is 0.253. The van der Waals surface area contributed by atoms with Crippen molar-refractivity contribution in [2.24, 2.45) is 0 Å². The number of anilines is 1. The summed E-state index contributed by atoms with van der Waals surface area (Å²) in [5.74, 6) is 0. The molecular weight excluding hydrogens is 291 g/mol. The SMILES string of the molecule is CC(c1ccccc1Cl)N(C)Cc1ccc(N)c(Cl)c1. The van der Waals surface area contributed by atoms with Crippen LogP contribution in [0.2, 0.25) is 10.0 Å². The first kappa shape index (κ1) is 15.2. The second-order valence-corrected chi connectivity index (χ2v) is 5.78. The van der Waals surface area contributed by atoms with Gasteiger partial charge in [0.1, 0.15) is 0 Å². The van der Waals surface area contributed by atoms with Crippen LogP contribution in [0.3, 0.4) is 0 Å². The Hall–Kier alpha value is -1.22. The molecule has 0 amide bonds. The quantitative estimate of drug-likeness (QED) is 0.824. The first-order valence-electron chi connectivity index (χ1n) is 6.47. The molecule has 1 atom stereocenters. The van der Waals surface area contributed by atoms with E-state index in [0.29, 0.717) is 10.7 Å². The van der Waals surface area contributed by atoms with E-state index in [-0.39, 0.29) is 6.04 Å². The summed E-state index contributed by atoms with van der Waals surface area (Å²) in [7, 11) is 2.07. The maximum atomic E-state index is 6.25. The van der Waals surface area contributed by atoms with E-state index < -0.39 is 0 Å². The molecule has 0 aliphatic carbocycles. The number of nitrogens with two attached hydrogens (primary N) is 1. The highest BCUT2D eigenvalue weighted by molar-refractivity contribution is 6.33. The molecule has 0 aliphatic heterocycles. The minimum Gasteiger partial charge on any atom is -0.398 e.